The van der Waals surface area contributed by atoms with Gasteiger partial charge in [-0.25, -0.2) is 9.97 Å². The van der Waals surface area contributed by atoms with Gasteiger partial charge in [0.15, 0.2) is 17.3 Å². The molecule has 0 aliphatic rings. The fourth-order valence-electron chi connectivity index (χ4n) is 2.19. The Morgan fingerprint density at radius 1 is 1.12 bits per heavy atom. The largest absolute Gasteiger partial charge is 0.458 e. The van der Waals surface area contributed by atoms with Gasteiger partial charge in [-0.1, -0.05) is 0 Å². The molecular weight excluding hydrogens is 346 g/mol. The highest BCUT2D eigenvalue weighted by molar-refractivity contribution is 5.87. The van der Waals surface area contributed by atoms with Gasteiger partial charge in [-0.3, -0.25) is 29.5 Å². The van der Waals surface area contributed by atoms with Crippen LogP contribution in [0.25, 0.3) is 11.2 Å². The zero-order valence-electron chi connectivity index (χ0n) is 14.5. The summed E-state index contributed by atoms with van der Waals surface area (Å²) in [6.07, 6.45) is -0.656. The lowest BCUT2D eigenvalue weighted by atomic mass is 10.1. The van der Waals surface area contributed by atoms with E-state index in [2.05, 4.69) is 25.3 Å². The Morgan fingerprint density at radius 2 is 1.77 bits per heavy atom. The lowest BCUT2D eigenvalue weighted by molar-refractivity contribution is -0.164. The van der Waals surface area contributed by atoms with Crippen LogP contribution in [0, 0.1) is 0 Å². The molecule has 2 aromatic rings. The van der Waals surface area contributed by atoms with E-state index in [1.807, 2.05) is 0 Å². The number of fused-ring (bicyclic) bond motifs is 1. The summed E-state index contributed by atoms with van der Waals surface area (Å²) in [5.74, 6) is -1.67. The average Bonchev–Trinajstić information content (AvgIpc) is 2.51. The topological polar surface area (TPSA) is 153 Å². The first kappa shape index (κ1) is 19.0. The van der Waals surface area contributed by atoms with E-state index >= 15 is 0 Å². The van der Waals surface area contributed by atoms with E-state index in [0.29, 0.717) is 0 Å². The Hall–Kier alpha value is -3.37. The first-order chi connectivity index (χ1) is 12.2. The quantitative estimate of drug-likeness (QED) is 0.710. The van der Waals surface area contributed by atoms with E-state index in [0.717, 1.165) is 0 Å². The number of nitrogens with zero attached hydrogens (tertiary/aromatic N) is 3. The molecule has 0 spiro atoms. The minimum Gasteiger partial charge on any atom is -0.458 e. The summed E-state index contributed by atoms with van der Waals surface area (Å²) in [7, 11) is 0. The third-order valence-corrected chi connectivity index (χ3v) is 3.09. The van der Waals surface area contributed by atoms with Crippen LogP contribution in [0.4, 0.5) is 5.95 Å². The fraction of sp³-hybridized carbons (Fsp3) is 0.400. The van der Waals surface area contributed by atoms with Crippen molar-refractivity contribution < 1.29 is 23.9 Å². The maximum Gasteiger partial charge on any atom is 0.303 e. The Kier molecular flexibility index (Phi) is 5.60. The van der Waals surface area contributed by atoms with Crippen LogP contribution in [-0.4, -0.2) is 43.9 Å². The Balaban J connectivity index is 2.48. The molecule has 2 heterocycles. The molecule has 11 heteroatoms. The molecule has 0 bridgehead atoms. The molecule has 2 N–H and O–H groups in total. The van der Waals surface area contributed by atoms with E-state index in [4.69, 9.17) is 9.47 Å². The number of ether oxygens (including phenoxy) is 2. The van der Waals surface area contributed by atoms with E-state index in [-0.39, 0.29) is 22.8 Å². The second-order valence-corrected chi connectivity index (χ2v) is 5.41. The Labute approximate surface area is 147 Å². The number of amides is 1. The smallest absolute Gasteiger partial charge is 0.303 e. The fourth-order valence-corrected chi connectivity index (χ4v) is 2.19. The number of esters is 2. The minimum absolute atomic E-state index is 0.0111. The molecule has 26 heavy (non-hydrogen) atoms. The summed E-state index contributed by atoms with van der Waals surface area (Å²) in [4.78, 5) is 60.3. The predicted molar refractivity (Wildman–Crippen MR) is 88.0 cm³/mol. The predicted octanol–water partition coefficient (Wildman–Crippen LogP) is 0.227. The minimum atomic E-state index is -1.05. The molecule has 0 aliphatic carbocycles. The van der Waals surface area contributed by atoms with Crippen molar-refractivity contribution in [2.75, 3.05) is 5.32 Å². The molecule has 2 atom stereocenters. The first-order valence-electron chi connectivity index (χ1n) is 7.56. The van der Waals surface area contributed by atoms with Crippen LogP contribution in [0.1, 0.15) is 39.5 Å². The van der Waals surface area contributed by atoms with Gasteiger partial charge in [0, 0.05) is 20.8 Å². The van der Waals surface area contributed by atoms with Crippen LogP contribution < -0.4 is 10.9 Å². The first-order valence-corrected chi connectivity index (χ1v) is 7.56. The number of nitrogens with one attached hydrogen (secondary N) is 2. The van der Waals surface area contributed by atoms with E-state index in [1.54, 1.807) is 0 Å². The highest BCUT2D eigenvalue weighted by Gasteiger charge is 2.27. The number of aromatic nitrogens is 4. The number of carbonyl (C=O) groups is 3. The van der Waals surface area contributed by atoms with Crippen LogP contribution >= 0.6 is 0 Å². The van der Waals surface area contributed by atoms with Gasteiger partial charge in [-0.15, -0.1) is 0 Å². The molecule has 2 rings (SSSR count). The van der Waals surface area contributed by atoms with Crippen molar-refractivity contribution in [3.8, 4) is 0 Å². The number of carbonyl (C=O) groups excluding carboxylic acids is 3. The van der Waals surface area contributed by atoms with E-state index in [1.165, 1.54) is 33.9 Å². The van der Waals surface area contributed by atoms with Gasteiger partial charge in [-0.05, 0) is 6.92 Å². The third-order valence-electron chi connectivity index (χ3n) is 3.09. The number of hydrogen-bond donors (Lipinski definition) is 2. The van der Waals surface area contributed by atoms with Crippen molar-refractivity contribution in [1.29, 1.82) is 0 Å². The van der Waals surface area contributed by atoms with Crippen molar-refractivity contribution in [2.45, 2.75) is 39.9 Å². The highest BCUT2D eigenvalue weighted by Crippen LogP contribution is 2.22. The molecule has 0 unspecified atom stereocenters. The van der Waals surface area contributed by atoms with Crippen molar-refractivity contribution >= 4 is 35.0 Å². The molecular formula is C15H17N5O6. The molecule has 0 fully saturated rings. The normalized spacial score (nSPS) is 12.9. The maximum absolute atomic E-state index is 12.2. The van der Waals surface area contributed by atoms with Gasteiger partial charge >= 0.3 is 11.9 Å². The monoisotopic (exact) mass is 363 g/mol. The molecule has 138 valence electrons. The molecule has 11 nitrogen and oxygen atoms in total. The third kappa shape index (κ3) is 4.59. The van der Waals surface area contributed by atoms with Crippen LogP contribution in [0.3, 0.4) is 0 Å². The lowest BCUT2D eigenvalue weighted by Gasteiger charge is -2.22. The molecule has 1 amide bonds. The van der Waals surface area contributed by atoms with Gasteiger partial charge < -0.3 is 9.47 Å². The zero-order valence-corrected chi connectivity index (χ0v) is 14.5. The molecule has 2 aromatic heterocycles. The van der Waals surface area contributed by atoms with Crippen molar-refractivity contribution in [3.05, 3.63) is 22.2 Å². The van der Waals surface area contributed by atoms with Gasteiger partial charge in [0.2, 0.25) is 11.9 Å². The SMILES string of the molecule is CC(=O)Nc1nc2ncc([C@H](OC(C)=O)[C@H](C)OC(C)=O)nc2c(=O)[nH]1. The summed E-state index contributed by atoms with van der Waals surface area (Å²) in [5.41, 5.74) is -0.664. The second-order valence-electron chi connectivity index (χ2n) is 5.41. The summed E-state index contributed by atoms with van der Waals surface area (Å²) in [5, 5.41) is 2.34. The summed E-state index contributed by atoms with van der Waals surface area (Å²) in [6, 6.07) is 0. The van der Waals surface area contributed by atoms with Crippen LogP contribution in [0.5, 0.6) is 0 Å². The van der Waals surface area contributed by atoms with E-state index < -0.39 is 35.6 Å². The van der Waals surface area contributed by atoms with Crippen molar-refractivity contribution in [3.63, 3.8) is 0 Å². The molecule has 0 radical (unpaired) electrons. The van der Waals surface area contributed by atoms with Gasteiger partial charge in [0.05, 0.1) is 6.20 Å². The van der Waals surface area contributed by atoms with Crippen molar-refractivity contribution in [2.24, 2.45) is 0 Å². The molecule has 0 aliphatic heterocycles. The molecule has 0 saturated heterocycles. The second kappa shape index (κ2) is 7.68. The number of H-pyrrole nitrogens is 1. The summed E-state index contributed by atoms with van der Waals surface area (Å²) in [6.45, 7) is 5.18. The number of aromatic amines is 1. The average molecular weight is 363 g/mol. The van der Waals surface area contributed by atoms with Crippen LogP contribution in [-0.2, 0) is 23.9 Å². The number of hydrogen-bond acceptors (Lipinski definition) is 9. The van der Waals surface area contributed by atoms with Crippen LogP contribution in [0.15, 0.2) is 11.0 Å². The van der Waals surface area contributed by atoms with Gasteiger partial charge in [0.1, 0.15) is 11.8 Å². The maximum atomic E-state index is 12.2. The van der Waals surface area contributed by atoms with Crippen molar-refractivity contribution in [1.82, 2.24) is 19.9 Å². The standard InChI is InChI=1S/C15H17N5O6/c1-6(25-8(3)22)12(26-9(4)23)10-5-16-13-11(18-10)14(24)20-15(19-13)17-7(2)21/h5-6,12H,1-4H3,(H2,16,17,19,20,21,24)/t6-,12+/m0/s1. The van der Waals surface area contributed by atoms with Gasteiger partial charge in [-0.2, -0.15) is 4.98 Å². The number of anilines is 1. The zero-order chi connectivity index (χ0) is 19.4. The Bertz CT molecular complexity index is 924. The highest BCUT2D eigenvalue weighted by atomic mass is 16.6. The lowest BCUT2D eigenvalue weighted by Crippen LogP contribution is -2.27. The molecule has 0 aromatic carbocycles. The number of rotatable bonds is 5. The van der Waals surface area contributed by atoms with Gasteiger partial charge in [0.25, 0.3) is 5.56 Å². The van der Waals surface area contributed by atoms with Crippen LogP contribution in [0.2, 0.25) is 0 Å². The molecule has 0 saturated carbocycles. The summed E-state index contributed by atoms with van der Waals surface area (Å²) >= 11 is 0. The van der Waals surface area contributed by atoms with E-state index in [9.17, 15) is 19.2 Å². The summed E-state index contributed by atoms with van der Waals surface area (Å²) < 4.78 is 10.2. The Morgan fingerprint density at radius 3 is 2.35 bits per heavy atom.